The third-order valence-corrected chi connectivity index (χ3v) is 5.46. The Bertz CT molecular complexity index is 1010. The minimum Gasteiger partial charge on any atom is -0.465 e. The number of hydrogen-bond donors (Lipinski definition) is 1. The first-order valence-electron chi connectivity index (χ1n) is 9.11. The molecule has 152 valence electrons. The van der Waals surface area contributed by atoms with Crippen molar-refractivity contribution in [2.75, 3.05) is 7.11 Å². The summed E-state index contributed by atoms with van der Waals surface area (Å²) < 4.78 is 31.0. The van der Waals surface area contributed by atoms with Crippen molar-refractivity contribution in [3.63, 3.8) is 0 Å². The number of nitrogens with one attached hydrogen (secondary N) is 1. The number of carbonyl (C=O) groups excluding carboxylic acids is 2. The van der Waals surface area contributed by atoms with Crippen molar-refractivity contribution in [1.29, 1.82) is 0 Å². The van der Waals surface area contributed by atoms with Gasteiger partial charge in [0, 0.05) is 18.4 Å². The van der Waals surface area contributed by atoms with Gasteiger partial charge in [-0.1, -0.05) is 29.5 Å². The molecule has 6 nitrogen and oxygen atoms in total. The highest BCUT2D eigenvalue weighted by Gasteiger charge is 2.16. The first kappa shape index (κ1) is 22.2. The van der Waals surface area contributed by atoms with E-state index >= 15 is 0 Å². The summed E-state index contributed by atoms with van der Waals surface area (Å²) in [4.78, 5) is 23.3. The zero-order valence-electron chi connectivity index (χ0n) is 16.4. The highest BCUT2D eigenvalue weighted by molar-refractivity contribution is 7.90. The van der Waals surface area contributed by atoms with E-state index < -0.39 is 21.9 Å². The molecule has 2 aromatic carbocycles. The highest BCUT2D eigenvalue weighted by atomic mass is 32.2. The number of aryl methyl sites for hydroxylation is 1. The molecule has 0 unspecified atom stereocenters. The van der Waals surface area contributed by atoms with Crippen molar-refractivity contribution < 1.29 is 22.7 Å². The van der Waals surface area contributed by atoms with E-state index in [9.17, 15) is 18.0 Å². The molecule has 0 fully saturated rings. The predicted octanol–water partition coefficient (Wildman–Crippen LogP) is 3.20. The zero-order valence-corrected chi connectivity index (χ0v) is 17.2. The van der Waals surface area contributed by atoms with Gasteiger partial charge in [0.25, 0.3) is 10.0 Å². The van der Waals surface area contributed by atoms with Gasteiger partial charge in [0.1, 0.15) is 0 Å². The van der Waals surface area contributed by atoms with Gasteiger partial charge in [-0.2, -0.15) is 0 Å². The summed E-state index contributed by atoms with van der Waals surface area (Å²) in [5.41, 5.74) is 2.18. The molecule has 0 saturated carbocycles. The van der Waals surface area contributed by atoms with Crippen LogP contribution in [0.2, 0.25) is 0 Å². The molecule has 0 saturated heterocycles. The Morgan fingerprint density at radius 3 is 2.28 bits per heavy atom. The molecule has 29 heavy (non-hydrogen) atoms. The topological polar surface area (TPSA) is 89.5 Å². The van der Waals surface area contributed by atoms with Crippen LogP contribution in [-0.4, -0.2) is 27.4 Å². The van der Waals surface area contributed by atoms with Gasteiger partial charge in [0.15, 0.2) is 0 Å². The number of esters is 1. The van der Waals surface area contributed by atoms with Crippen molar-refractivity contribution in [2.45, 2.75) is 37.5 Å². The van der Waals surface area contributed by atoms with Crippen LogP contribution in [0.5, 0.6) is 0 Å². The first-order valence-corrected chi connectivity index (χ1v) is 10.6. The molecule has 0 aliphatic rings. The average molecular weight is 413 g/mol. The second kappa shape index (κ2) is 10.4. The van der Waals surface area contributed by atoms with E-state index in [4.69, 9.17) is 0 Å². The van der Waals surface area contributed by atoms with Crippen LogP contribution < -0.4 is 4.72 Å². The average Bonchev–Trinajstić information content (AvgIpc) is 2.70. The largest absolute Gasteiger partial charge is 0.465 e. The number of carbonyl (C=O) groups is 2. The molecule has 0 aliphatic carbocycles. The quantitative estimate of drug-likeness (QED) is 0.428. The van der Waals surface area contributed by atoms with E-state index in [1.165, 1.54) is 19.2 Å². The van der Waals surface area contributed by atoms with Crippen molar-refractivity contribution in [3.05, 3.63) is 65.2 Å². The van der Waals surface area contributed by atoms with Gasteiger partial charge < -0.3 is 4.74 Å². The monoisotopic (exact) mass is 413 g/mol. The van der Waals surface area contributed by atoms with E-state index in [0.29, 0.717) is 24.8 Å². The predicted molar refractivity (Wildman–Crippen MR) is 110 cm³/mol. The fourth-order valence-electron chi connectivity index (χ4n) is 2.45. The summed E-state index contributed by atoms with van der Waals surface area (Å²) in [6.07, 6.45) is 1.90. The lowest BCUT2D eigenvalue weighted by Crippen LogP contribution is -2.30. The summed E-state index contributed by atoms with van der Waals surface area (Å²) >= 11 is 0. The minimum atomic E-state index is -3.83. The Kier molecular flexibility index (Phi) is 7.98. The molecule has 0 heterocycles. The summed E-state index contributed by atoms with van der Waals surface area (Å²) in [5.74, 6) is 5.06. The lowest BCUT2D eigenvalue weighted by molar-refractivity contribution is -0.119. The van der Waals surface area contributed by atoms with Crippen molar-refractivity contribution in [1.82, 2.24) is 4.72 Å². The molecule has 0 spiro atoms. The summed E-state index contributed by atoms with van der Waals surface area (Å²) in [6.45, 7) is 1.86. The number of ether oxygens (including phenoxy) is 1. The molecule has 0 aliphatic heterocycles. The van der Waals surface area contributed by atoms with Crippen molar-refractivity contribution in [3.8, 4) is 11.8 Å². The van der Waals surface area contributed by atoms with E-state index in [0.717, 1.165) is 11.1 Å². The Balaban J connectivity index is 1.74. The van der Waals surface area contributed by atoms with Gasteiger partial charge in [-0.15, -0.1) is 0 Å². The lowest BCUT2D eigenvalue weighted by Gasteiger charge is -2.06. The molecule has 2 aromatic rings. The van der Waals surface area contributed by atoms with Crippen LogP contribution in [0.1, 0.15) is 47.2 Å². The maximum atomic E-state index is 12.1. The molecule has 0 bridgehead atoms. The number of rotatable bonds is 7. The second-order valence-electron chi connectivity index (χ2n) is 6.42. The van der Waals surface area contributed by atoms with Gasteiger partial charge in [0.05, 0.1) is 17.6 Å². The third-order valence-electron chi connectivity index (χ3n) is 4.07. The van der Waals surface area contributed by atoms with Crippen molar-refractivity contribution in [2.24, 2.45) is 0 Å². The normalized spacial score (nSPS) is 10.6. The van der Waals surface area contributed by atoms with Gasteiger partial charge in [-0.3, -0.25) is 4.79 Å². The summed E-state index contributed by atoms with van der Waals surface area (Å²) in [5, 5.41) is 0. The Labute approximate surface area is 171 Å². The number of amides is 1. The fourth-order valence-corrected chi connectivity index (χ4v) is 3.46. The van der Waals surface area contributed by atoms with Crippen LogP contribution in [0.25, 0.3) is 0 Å². The number of unbranched alkanes of at least 4 members (excludes halogenated alkanes) is 2. The molecule has 0 aromatic heterocycles. The molecule has 7 heteroatoms. The maximum absolute atomic E-state index is 12.1. The Hall–Kier alpha value is -3.11. The SMILES string of the molecule is COC(=O)c1ccc(C#CCCCCC(=O)NS(=O)(=O)c2ccc(C)cc2)cc1. The molecule has 0 radical (unpaired) electrons. The molecule has 1 amide bonds. The summed E-state index contributed by atoms with van der Waals surface area (Å²) in [7, 11) is -2.50. The van der Waals surface area contributed by atoms with Crippen LogP contribution in [0.3, 0.4) is 0 Å². The lowest BCUT2D eigenvalue weighted by atomic mass is 10.1. The number of benzene rings is 2. The van der Waals surface area contributed by atoms with Crippen molar-refractivity contribution >= 4 is 21.9 Å². The van der Waals surface area contributed by atoms with E-state index in [1.54, 1.807) is 36.4 Å². The van der Waals surface area contributed by atoms with E-state index in [-0.39, 0.29) is 11.3 Å². The van der Waals surface area contributed by atoms with Gasteiger partial charge >= 0.3 is 5.97 Å². The van der Waals surface area contributed by atoms with Gasteiger partial charge in [-0.05, 0) is 56.2 Å². The maximum Gasteiger partial charge on any atom is 0.337 e. The first-order chi connectivity index (χ1) is 13.8. The van der Waals surface area contributed by atoms with E-state index in [1.807, 2.05) is 6.92 Å². The van der Waals surface area contributed by atoms with Crippen LogP contribution in [0, 0.1) is 18.8 Å². The van der Waals surface area contributed by atoms with Gasteiger partial charge in [-0.25, -0.2) is 17.9 Å². The smallest absolute Gasteiger partial charge is 0.337 e. The van der Waals surface area contributed by atoms with Crippen LogP contribution >= 0.6 is 0 Å². The molecular formula is C22H23NO5S. The number of hydrogen-bond acceptors (Lipinski definition) is 5. The zero-order chi connectivity index (χ0) is 21.3. The minimum absolute atomic E-state index is 0.0699. The number of methoxy groups -OCH3 is 1. The molecular weight excluding hydrogens is 390 g/mol. The van der Waals surface area contributed by atoms with Crippen LogP contribution in [0.15, 0.2) is 53.4 Å². The third kappa shape index (κ3) is 7.09. The molecule has 0 atom stereocenters. The van der Waals surface area contributed by atoms with E-state index in [2.05, 4.69) is 21.3 Å². The highest BCUT2D eigenvalue weighted by Crippen LogP contribution is 2.10. The van der Waals surface area contributed by atoms with Crippen LogP contribution in [-0.2, 0) is 19.6 Å². The Morgan fingerprint density at radius 1 is 1.00 bits per heavy atom. The molecule has 1 N–H and O–H groups in total. The van der Waals surface area contributed by atoms with Crippen LogP contribution in [0.4, 0.5) is 0 Å². The Morgan fingerprint density at radius 2 is 1.66 bits per heavy atom. The standard InChI is InChI=1S/C22H23NO5S/c1-17-9-15-20(16-10-17)29(26,27)23-21(24)8-6-4-3-5-7-18-11-13-19(14-12-18)22(25)28-2/h9-16H,3-4,6,8H2,1-2H3,(H,23,24). The number of sulfonamides is 1. The summed E-state index contributed by atoms with van der Waals surface area (Å²) in [6, 6.07) is 13.1. The molecule has 2 rings (SSSR count). The van der Waals surface area contributed by atoms with Gasteiger partial charge in [0.2, 0.25) is 5.91 Å². The second-order valence-corrected chi connectivity index (χ2v) is 8.10. The fraction of sp³-hybridized carbons (Fsp3) is 0.273.